The van der Waals surface area contributed by atoms with E-state index in [9.17, 15) is 14.4 Å². The lowest BCUT2D eigenvalue weighted by Crippen LogP contribution is -2.30. The summed E-state index contributed by atoms with van der Waals surface area (Å²) in [4.78, 5) is 37.9. The number of amides is 2. The van der Waals surface area contributed by atoms with Crippen molar-refractivity contribution in [2.75, 3.05) is 18.6 Å². The molecule has 2 aromatic carbocycles. The Morgan fingerprint density at radius 3 is 2.41 bits per heavy atom. The summed E-state index contributed by atoms with van der Waals surface area (Å²) in [5.74, 6) is -0.575. The van der Waals surface area contributed by atoms with Crippen LogP contribution in [0.25, 0.3) is 0 Å². The van der Waals surface area contributed by atoms with Gasteiger partial charge in [0.1, 0.15) is 0 Å². The first-order valence-electron chi connectivity index (χ1n) is 8.91. The number of hydrogen-bond acceptors (Lipinski definition) is 4. The van der Waals surface area contributed by atoms with E-state index in [1.807, 2.05) is 30.3 Å². The second kappa shape index (κ2) is 8.49. The van der Waals surface area contributed by atoms with Gasteiger partial charge in [-0.25, -0.2) is 0 Å². The summed E-state index contributed by atoms with van der Waals surface area (Å²) in [7, 11) is 1.32. The first kappa shape index (κ1) is 18.6. The zero-order chi connectivity index (χ0) is 19.2. The third-order valence-electron chi connectivity index (χ3n) is 4.62. The number of esters is 1. The predicted molar refractivity (Wildman–Crippen MR) is 101 cm³/mol. The van der Waals surface area contributed by atoms with Crippen molar-refractivity contribution in [3.63, 3.8) is 0 Å². The van der Waals surface area contributed by atoms with Gasteiger partial charge in [0.05, 0.1) is 19.6 Å². The number of carbonyl (C=O) groups excluding carboxylic acids is 3. The van der Waals surface area contributed by atoms with E-state index in [1.165, 1.54) is 7.11 Å². The van der Waals surface area contributed by atoms with Gasteiger partial charge in [0.25, 0.3) is 5.91 Å². The van der Waals surface area contributed by atoms with Gasteiger partial charge in [0.2, 0.25) is 5.91 Å². The Bertz CT molecular complexity index is 818. The number of ether oxygens (including phenoxy) is 1. The molecule has 1 aliphatic rings. The van der Waals surface area contributed by atoms with Gasteiger partial charge in [-0.2, -0.15) is 0 Å². The number of anilines is 1. The van der Waals surface area contributed by atoms with Gasteiger partial charge in [-0.05, 0) is 36.2 Å². The highest BCUT2D eigenvalue weighted by atomic mass is 16.5. The van der Waals surface area contributed by atoms with E-state index in [0.717, 1.165) is 17.7 Å². The lowest BCUT2D eigenvalue weighted by Gasteiger charge is -2.19. The van der Waals surface area contributed by atoms with Gasteiger partial charge in [-0.3, -0.25) is 14.4 Å². The molecule has 0 unspecified atom stereocenters. The number of methoxy groups -OCH3 is 1. The molecule has 0 aromatic heterocycles. The molecule has 6 nitrogen and oxygen atoms in total. The summed E-state index contributed by atoms with van der Waals surface area (Å²) < 4.78 is 4.74. The van der Waals surface area contributed by atoms with Gasteiger partial charge in [0.15, 0.2) is 0 Å². The number of carbonyl (C=O) groups is 3. The number of rotatable bonds is 6. The van der Waals surface area contributed by atoms with Crippen LogP contribution >= 0.6 is 0 Å². The Kier molecular flexibility index (Phi) is 5.86. The standard InChI is InChI=1S/C21H22N2O4/c1-27-20(25)14-18(15-6-3-2-4-7-15)22-21(26)16-9-11-17(12-10-16)23-13-5-8-19(23)24/h2-4,6-7,9-12,18H,5,8,13-14H2,1H3,(H,22,26)/t18-/m0/s1. The van der Waals surface area contributed by atoms with E-state index in [0.29, 0.717) is 18.5 Å². The number of nitrogens with one attached hydrogen (secondary N) is 1. The maximum atomic E-state index is 12.7. The topological polar surface area (TPSA) is 75.7 Å². The lowest BCUT2D eigenvalue weighted by molar-refractivity contribution is -0.141. The second-order valence-corrected chi connectivity index (χ2v) is 6.41. The smallest absolute Gasteiger partial charge is 0.307 e. The van der Waals surface area contributed by atoms with Crippen molar-refractivity contribution >= 4 is 23.5 Å². The van der Waals surface area contributed by atoms with Crippen molar-refractivity contribution in [3.05, 3.63) is 65.7 Å². The molecule has 0 bridgehead atoms. The minimum absolute atomic E-state index is 0.0482. The maximum Gasteiger partial charge on any atom is 0.307 e. The van der Waals surface area contributed by atoms with E-state index in [-0.39, 0.29) is 18.2 Å². The molecule has 1 aliphatic heterocycles. The summed E-state index contributed by atoms with van der Waals surface area (Å²) in [5.41, 5.74) is 2.09. The second-order valence-electron chi connectivity index (χ2n) is 6.41. The quantitative estimate of drug-likeness (QED) is 0.798. The number of nitrogens with zero attached hydrogens (tertiary/aromatic N) is 1. The molecule has 0 saturated carbocycles. The van der Waals surface area contributed by atoms with Crippen LogP contribution in [0.5, 0.6) is 0 Å². The maximum absolute atomic E-state index is 12.7. The van der Waals surface area contributed by atoms with Crippen LogP contribution in [-0.2, 0) is 14.3 Å². The average molecular weight is 366 g/mol. The van der Waals surface area contributed by atoms with Crippen LogP contribution in [0.1, 0.15) is 41.2 Å². The van der Waals surface area contributed by atoms with Crippen LogP contribution in [0.3, 0.4) is 0 Å². The highest BCUT2D eigenvalue weighted by molar-refractivity contribution is 5.97. The Balaban J connectivity index is 1.73. The van der Waals surface area contributed by atoms with Crippen LogP contribution in [0.2, 0.25) is 0 Å². The molecular weight excluding hydrogens is 344 g/mol. The van der Waals surface area contributed by atoms with Gasteiger partial charge in [0, 0.05) is 24.2 Å². The van der Waals surface area contributed by atoms with E-state index >= 15 is 0 Å². The molecular formula is C21H22N2O4. The monoisotopic (exact) mass is 366 g/mol. The zero-order valence-corrected chi connectivity index (χ0v) is 15.2. The van der Waals surface area contributed by atoms with E-state index in [2.05, 4.69) is 5.32 Å². The van der Waals surface area contributed by atoms with Crippen molar-refractivity contribution in [2.45, 2.75) is 25.3 Å². The van der Waals surface area contributed by atoms with Crippen molar-refractivity contribution in [1.29, 1.82) is 0 Å². The molecule has 2 aromatic rings. The Labute approximate surface area is 158 Å². The lowest BCUT2D eigenvalue weighted by atomic mass is 10.0. The molecule has 3 rings (SSSR count). The van der Waals surface area contributed by atoms with E-state index < -0.39 is 12.0 Å². The predicted octanol–water partition coefficient (Wildman–Crippen LogP) is 2.85. The van der Waals surface area contributed by atoms with Crippen molar-refractivity contribution in [1.82, 2.24) is 5.32 Å². The fraction of sp³-hybridized carbons (Fsp3) is 0.286. The minimum atomic E-state index is -0.481. The normalized spacial score (nSPS) is 14.7. The Hall–Kier alpha value is -3.15. The van der Waals surface area contributed by atoms with Crippen LogP contribution < -0.4 is 10.2 Å². The van der Waals surface area contributed by atoms with Crippen LogP contribution in [0.15, 0.2) is 54.6 Å². The highest BCUT2D eigenvalue weighted by Gasteiger charge is 2.23. The molecule has 1 saturated heterocycles. The van der Waals surface area contributed by atoms with Crippen LogP contribution in [0.4, 0.5) is 5.69 Å². The van der Waals surface area contributed by atoms with E-state index in [1.54, 1.807) is 29.2 Å². The Morgan fingerprint density at radius 2 is 1.81 bits per heavy atom. The zero-order valence-electron chi connectivity index (χ0n) is 15.2. The van der Waals surface area contributed by atoms with Crippen LogP contribution in [0, 0.1) is 0 Å². The van der Waals surface area contributed by atoms with Gasteiger partial charge < -0.3 is 15.0 Å². The van der Waals surface area contributed by atoms with Gasteiger partial charge in [-0.15, -0.1) is 0 Å². The van der Waals surface area contributed by atoms with Gasteiger partial charge >= 0.3 is 5.97 Å². The minimum Gasteiger partial charge on any atom is -0.469 e. The SMILES string of the molecule is COC(=O)C[C@H](NC(=O)c1ccc(N2CCCC2=O)cc1)c1ccccc1. The van der Waals surface area contributed by atoms with Crippen molar-refractivity contribution in [3.8, 4) is 0 Å². The molecule has 1 heterocycles. The van der Waals surface area contributed by atoms with Gasteiger partial charge in [-0.1, -0.05) is 30.3 Å². The van der Waals surface area contributed by atoms with Crippen molar-refractivity contribution < 1.29 is 19.1 Å². The molecule has 2 amide bonds. The first-order chi connectivity index (χ1) is 13.1. The van der Waals surface area contributed by atoms with E-state index in [4.69, 9.17) is 4.74 Å². The fourth-order valence-electron chi connectivity index (χ4n) is 3.14. The molecule has 0 spiro atoms. The Morgan fingerprint density at radius 1 is 1.11 bits per heavy atom. The molecule has 0 radical (unpaired) electrons. The summed E-state index contributed by atoms with van der Waals surface area (Å²) >= 11 is 0. The molecule has 6 heteroatoms. The summed E-state index contributed by atoms with van der Waals surface area (Å²) in [5, 5.41) is 2.89. The average Bonchev–Trinajstić information content (AvgIpc) is 3.14. The fourth-order valence-corrected chi connectivity index (χ4v) is 3.14. The molecule has 1 atom stereocenters. The largest absolute Gasteiger partial charge is 0.469 e. The molecule has 27 heavy (non-hydrogen) atoms. The van der Waals surface area contributed by atoms with Crippen LogP contribution in [-0.4, -0.2) is 31.4 Å². The summed E-state index contributed by atoms with van der Waals surface area (Å²) in [6.45, 7) is 0.708. The molecule has 1 fully saturated rings. The van der Waals surface area contributed by atoms with Crippen molar-refractivity contribution in [2.24, 2.45) is 0 Å². The third kappa shape index (κ3) is 4.53. The summed E-state index contributed by atoms with van der Waals surface area (Å²) in [6, 6.07) is 15.7. The molecule has 140 valence electrons. The third-order valence-corrected chi connectivity index (χ3v) is 4.62. The first-order valence-corrected chi connectivity index (χ1v) is 8.91. The highest BCUT2D eigenvalue weighted by Crippen LogP contribution is 2.22. The molecule has 1 N–H and O–H groups in total. The molecule has 0 aliphatic carbocycles. The number of benzene rings is 2. The number of hydrogen-bond donors (Lipinski definition) is 1. The summed E-state index contributed by atoms with van der Waals surface area (Å²) in [6.07, 6.45) is 1.47.